The van der Waals surface area contributed by atoms with E-state index in [4.69, 9.17) is 0 Å². The van der Waals surface area contributed by atoms with Gasteiger partial charge < -0.3 is 15.1 Å². The number of anilines is 3. The molecule has 27 heavy (non-hydrogen) atoms. The van der Waals surface area contributed by atoms with E-state index in [1.54, 1.807) is 12.4 Å². The van der Waals surface area contributed by atoms with E-state index in [2.05, 4.69) is 52.8 Å². The standard InChI is InChI=1S/C21H31N5O/c1-5-13-26(14-6-2)21-22-15-17(16-23-21)20(27)24-18-9-11-19(12-10-18)25(7-3)8-4/h9-12,15-16H,5-8,13-14H2,1-4H3,(H,24,27). The van der Waals surface area contributed by atoms with Crippen LogP contribution in [0.15, 0.2) is 36.7 Å². The van der Waals surface area contributed by atoms with Gasteiger partial charge in [0, 0.05) is 49.9 Å². The molecule has 6 heteroatoms. The lowest BCUT2D eigenvalue weighted by Gasteiger charge is -2.21. The van der Waals surface area contributed by atoms with Crippen molar-refractivity contribution >= 4 is 23.2 Å². The molecule has 1 aromatic carbocycles. The molecule has 2 rings (SSSR count). The highest BCUT2D eigenvalue weighted by Gasteiger charge is 2.11. The fraction of sp³-hybridized carbons (Fsp3) is 0.476. The molecule has 0 atom stereocenters. The van der Waals surface area contributed by atoms with Crippen molar-refractivity contribution in [1.29, 1.82) is 0 Å². The van der Waals surface area contributed by atoms with Crippen molar-refractivity contribution in [2.24, 2.45) is 0 Å². The van der Waals surface area contributed by atoms with Gasteiger partial charge in [0.2, 0.25) is 5.95 Å². The third-order valence-electron chi connectivity index (χ3n) is 4.42. The van der Waals surface area contributed by atoms with Gasteiger partial charge in [-0.05, 0) is 51.0 Å². The molecule has 0 fully saturated rings. The lowest BCUT2D eigenvalue weighted by Crippen LogP contribution is -2.27. The van der Waals surface area contributed by atoms with Crippen LogP contribution in [0.4, 0.5) is 17.3 Å². The Morgan fingerprint density at radius 1 is 0.889 bits per heavy atom. The van der Waals surface area contributed by atoms with Gasteiger partial charge in [-0.3, -0.25) is 4.79 Å². The van der Waals surface area contributed by atoms with Gasteiger partial charge in [-0.25, -0.2) is 9.97 Å². The van der Waals surface area contributed by atoms with Crippen LogP contribution in [-0.4, -0.2) is 42.1 Å². The minimum Gasteiger partial charge on any atom is -0.372 e. The number of carbonyl (C=O) groups is 1. The minimum atomic E-state index is -0.199. The lowest BCUT2D eigenvalue weighted by molar-refractivity contribution is 0.102. The first-order valence-corrected chi connectivity index (χ1v) is 9.86. The minimum absolute atomic E-state index is 0.199. The molecule has 0 unspecified atom stereocenters. The zero-order valence-corrected chi connectivity index (χ0v) is 16.9. The van der Waals surface area contributed by atoms with Gasteiger partial charge >= 0.3 is 0 Å². The fourth-order valence-corrected chi connectivity index (χ4v) is 3.00. The Balaban J connectivity index is 2.03. The van der Waals surface area contributed by atoms with Gasteiger partial charge in [-0.1, -0.05) is 13.8 Å². The van der Waals surface area contributed by atoms with Crippen LogP contribution in [0.5, 0.6) is 0 Å². The van der Waals surface area contributed by atoms with E-state index < -0.39 is 0 Å². The Morgan fingerprint density at radius 2 is 1.44 bits per heavy atom. The highest BCUT2D eigenvalue weighted by Crippen LogP contribution is 2.18. The number of carbonyl (C=O) groups excluding carboxylic acids is 1. The molecule has 0 aliphatic rings. The first-order valence-electron chi connectivity index (χ1n) is 9.86. The summed E-state index contributed by atoms with van der Waals surface area (Å²) in [7, 11) is 0. The Hall–Kier alpha value is -2.63. The fourth-order valence-electron chi connectivity index (χ4n) is 3.00. The molecule has 0 aliphatic heterocycles. The summed E-state index contributed by atoms with van der Waals surface area (Å²) in [5, 5.41) is 2.91. The van der Waals surface area contributed by atoms with Crippen molar-refractivity contribution in [3.8, 4) is 0 Å². The largest absolute Gasteiger partial charge is 0.372 e. The summed E-state index contributed by atoms with van der Waals surface area (Å²) in [4.78, 5) is 25.6. The summed E-state index contributed by atoms with van der Waals surface area (Å²) in [5.41, 5.74) is 2.37. The second kappa shape index (κ2) is 10.5. The quantitative estimate of drug-likeness (QED) is 0.680. The Kier molecular flexibility index (Phi) is 8.04. The van der Waals surface area contributed by atoms with E-state index in [-0.39, 0.29) is 5.91 Å². The van der Waals surface area contributed by atoms with Crippen molar-refractivity contribution in [1.82, 2.24) is 9.97 Å². The normalized spacial score (nSPS) is 10.5. The second-order valence-corrected chi connectivity index (χ2v) is 6.43. The Bertz CT molecular complexity index is 690. The van der Waals surface area contributed by atoms with Gasteiger partial charge in [0.05, 0.1) is 5.56 Å². The summed E-state index contributed by atoms with van der Waals surface area (Å²) in [6, 6.07) is 7.89. The summed E-state index contributed by atoms with van der Waals surface area (Å²) < 4.78 is 0. The second-order valence-electron chi connectivity index (χ2n) is 6.43. The average molecular weight is 370 g/mol. The molecule has 0 saturated heterocycles. The Morgan fingerprint density at radius 3 is 1.93 bits per heavy atom. The number of benzene rings is 1. The average Bonchev–Trinajstić information content (AvgIpc) is 2.70. The third-order valence-corrected chi connectivity index (χ3v) is 4.42. The van der Waals surface area contributed by atoms with Gasteiger partial charge in [-0.15, -0.1) is 0 Å². The zero-order valence-electron chi connectivity index (χ0n) is 16.9. The van der Waals surface area contributed by atoms with Crippen molar-refractivity contribution in [2.75, 3.05) is 41.3 Å². The molecule has 1 heterocycles. The molecule has 1 aromatic heterocycles. The number of aromatic nitrogens is 2. The van der Waals surface area contributed by atoms with E-state index in [0.29, 0.717) is 11.5 Å². The van der Waals surface area contributed by atoms with Gasteiger partial charge in [-0.2, -0.15) is 0 Å². The topological polar surface area (TPSA) is 61.4 Å². The lowest BCUT2D eigenvalue weighted by atomic mass is 10.2. The summed E-state index contributed by atoms with van der Waals surface area (Å²) in [5.74, 6) is 0.480. The van der Waals surface area contributed by atoms with Crippen molar-refractivity contribution < 1.29 is 4.79 Å². The molecule has 0 spiro atoms. The number of hydrogen-bond acceptors (Lipinski definition) is 5. The summed E-state index contributed by atoms with van der Waals surface area (Å²) in [6.45, 7) is 12.3. The molecular weight excluding hydrogens is 338 g/mol. The predicted octanol–water partition coefficient (Wildman–Crippen LogP) is 4.20. The van der Waals surface area contributed by atoms with Gasteiger partial charge in [0.25, 0.3) is 5.91 Å². The maximum absolute atomic E-state index is 12.5. The Labute approximate surface area is 162 Å². The first-order chi connectivity index (χ1) is 13.1. The van der Waals surface area contributed by atoms with Crippen molar-refractivity contribution in [2.45, 2.75) is 40.5 Å². The predicted molar refractivity (Wildman–Crippen MR) is 113 cm³/mol. The molecule has 1 N–H and O–H groups in total. The van der Waals surface area contributed by atoms with Crippen LogP contribution in [0.1, 0.15) is 50.9 Å². The first kappa shape index (κ1) is 20.7. The number of hydrogen-bond donors (Lipinski definition) is 1. The van der Waals surface area contributed by atoms with Crippen LogP contribution >= 0.6 is 0 Å². The number of nitrogens with zero attached hydrogens (tertiary/aromatic N) is 4. The molecule has 6 nitrogen and oxygen atoms in total. The van der Waals surface area contributed by atoms with Crippen LogP contribution in [0.25, 0.3) is 0 Å². The van der Waals surface area contributed by atoms with E-state index in [0.717, 1.165) is 50.4 Å². The van der Waals surface area contributed by atoms with Crippen LogP contribution in [0.3, 0.4) is 0 Å². The van der Waals surface area contributed by atoms with Crippen LogP contribution < -0.4 is 15.1 Å². The number of amides is 1. The van der Waals surface area contributed by atoms with Crippen molar-refractivity contribution in [3.05, 3.63) is 42.2 Å². The van der Waals surface area contributed by atoms with E-state index in [1.807, 2.05) is 24.3 Å². The SMILES string of the molecule is CCCN(CCC)c1ncc(C(=O)Nc2ccc(N(CC)CC)cc2)cn1. The highest BCUT2D eigenvalue weighted by atomic mass is 16.1. The molecule has 0 bridgehead atoms. The van der Waals surface area contributed by atoms with Gasteiger partial charge in [0.15, 0.2) is 0 Å². The maximum Gasteiger partial charge on any atom is 0.258 e. The van der Waals surface area contributed by atoms with E-state index >= 15 is 0 Å². The molecule has 0 aliphatic carbocycles. The van der Waals surface area contributed by atoms with Crippen LogP contribution in [0.2, 0.25) is 0 Å². The summed E-state index contributed by atoms with van der Waals surface area (Å²) in [6.07, 6.45) is 5.27. The number of rotatable bonds is 10. The maximum atomic E-state index is 12.5. The summed E-state index contributed by atoms with van der Waals surface area (Å²) >= 11 is 0. The van der Waals surface area contributed by atoms with Gasteiger partial charge in [0.1, 0.15) is 0 Å². The zero-order chi connectivity index (χ0) is 19.6. The van der Waals surface area contributed by atoms with Crippen molar-refractivity contribution in [3.63, 3.8) is 0 Å². The molecule has 0 saturated carbocycles. The molecule has 1 amide bonds. The van der Waals surface area contributed by atoms with E-state index in [9.17, 15) is 4.79 Å². The third kappa shape index (κ3) is 5.67. The highest BCUT2D eigenvalue weighted by molar-refractivity contribution is 6.03. The molecule has 0 radical (unpaired) electrons. The number of nitrogens with one attached hydrogen (secondary N) is 1. The molecule has 146 valence electrons. The van der Waals surface area contributed by atoms with Crippen LogP contribution in [0, 0.1) is 0 Å². The molecule has 2 aromatic rings. The monoisotopic (exact) mass is 369 g/mol. The van der Waals surface area contributed by atoms with Crippen LogP contribution in [-0.2, 0) is 0 Å². The van der Waals surface area contributed by atoms with E-state index in [1.165, 1.54) is 0 Å². The smallest absolute Gasteiger partial charge is 0.258 e. The molecular formula is C21H31N5O.